The zero-order valence-electron chi connectivity index (χ0n) is 12.0. The molecule has 3 rings (SSSR count). The molecule has 0 aromatic carbocycles. The molecule has 6 nitrogen and oxygen atoms in total. The standard InChI is InChI=1S/C15H16N4O2/c1-10-13(11(2)21-18-10)7-15(20)16-8-12-9-19-6-4-3-5-14(19)17-12/h3-6,9H,7-8H2,1-2H3,(H,16,20). The van der Waals surface area contributed by atoms with E-state index >= 15 is 0 Å². The smallest absolute Gasteiger partial charge is 0.224 e. The number of carbonyl (C=O) groups is 1. The minimum atomic E-state index is -0.0681. The summed E-state index contributed by atoms with van der Waals surface area (Å²) in [6, 6.07) is 5.80. The second kappa shape index (κ2) is 5.40. The Balaban J connectivity index is 1.63. The second-order valence-electron chi connectivity index (χ2n) is 4.95. The number of hydrogen-bond donors (Lipinski definition) is 1. The summed E-state index contributed by atoms with van der Waals surface area (Å²) in [5, 5.41) is 6.71. The quantitative estimate of drug-likeness (QED) is 0.793. The summed E-state index contributed by atoms with van der Waals surface area (Å²) >= 11 is 0. The lowest BCUT2D eigenvalue weighted by Gasteiger charge is -2.02. The molecule has 1 N–H and O–H groups in total. The molecule has 0 aliphatic heterocycles. The van der Waals surface area contributed by atoms with Crippen molar-refractivity contribution < 1.29 is 9.32 Å². The van der Waals surface area contributed by atoms with Crippen LogP contribution in [0, 0.1) is 13.8 Å². The molecule has 0 saturated carbocycles. The average molecular weight is 284 g/mol. The maximum atomic E-state index is 12.0. The number of carbonyl (C=O) groups excluding carboxylic acids is 1. The summed E-state index contributed by atoms with van der Waals surface area (Å²) < 4.78 is 6.98. The highest BCUT2D eigenvalue weighted by Crippen LogP contribution is 2.12. The Morgan fingerprint density at radius 2 is 2.24 bits per heavy atom. The van der Waals surface area contributed by atoms with Crippen LogP contribution in [0.5, 0.6) is 0 Å². The number of hydrogen-bond acceptors (Lipinski definition) is 4. The zero-order valence-corrected chi connectivity index (χ0v) is 12.0. The van der Waals surface area contributed by atoms with E-state index in [4.69, 9.17) is 4.52 Å². The number of nitrogens with zero attached hydrogens (tertiary/aromatic N) is 3. The highest BCUT2D eigenvalue weighted by Gasteiger charge is 2.13. The molecule has 0 aliphatic rings. The molecule has 0 atom stereocenters. The Morgan fingerprint density at radius 1 is 1.38 bits per heavy atom. The van der Waals surface area contributed by atoms with Crippen molar-refractivity contribution in [2.45, 2.75) is 26.8 Å². The molecule has 0 unspecified atom stereocenters. The molecule has 0 saturated heterocycles. The van der Waals surface area contributed by atoms with Crippen LogP contribution in [-0.4, -0.2) is 20.4 Å². The van der Waals surface area contributed by atoms with Crippen molar-refractivity contribution in [3.8, 4) is 0 Å². The van der Waals surface area contributed by atoms with Gasteiger partial charge in [0.1, 0.15) is 11.4 Å². The Labute approximate surface area is 121 Å². The van der Waals surface area contributed by atoms with Gasteiger partial charge < -0.3 is 14.2 Å². The minimum absolute atomic E-state index is 0.0681. The van der Waals surface area contributed by atoms with Crippen LogP contribution in [0.3, 0.4) is 0 Å². The van der Waals surface area contributed by atoms with E-state index in [9.17, 15) is 4.79 Å². The highest BCUT2D eigenvalue weighted by atomic mass is 16.5. The minimum Gasteiger partial charge on any atom is -0.361 e. The Hall–Kier alpha value is -2.63. The van der Waals surface area contributed by atoms with E-state index in [1.807, 2.05) is 48.8 Å². The van der Waals surface area contributed by atoms with Crippen LogP contribution >= 0.6 is 0 Å². The molecule has 0 spiro atoms. The van der Waals surface area contributed by atoms with Crippen LogP contribution in [0.25, 0.3) is 5.65 Å². The van der Waals surface area contributed by atoms with Crippen LogP contribution in [0.4, 0.5) is 0 Å². The van der Waals surface area contributed by atoms with Gasteiger partial charge in [-0.3, -0.25) is 4.79 Å². The first-order valence-corrected chi connectivity index (χ1v) is 6.74. The summed E-state index contributed by atoms with van der Waals surface area (Å²) in [7, 11) is 0. The normalized spacial score (nSPS) is 11.0. The van der Waals surface area contributed by atoms with E-state index in [1.165, 1.54) is 0 Å². The number of fused-ring (bicyclic) bond motifs is 1. The molecule has 108 valence electrons. The van der Waals surface area contributed by atoms with Crippen molar-refractivity contribution in [3.63, 3.8) is 0 Å². The summed E-state index contributed by atoms with van der Waals surface area (Å²) in [6.07, 6.45) is 4.11. The lowest BCUT2D eigenvalue weighted by atomic mass is 10.1. The molecule has 21 heavy (non-hydrogen) atoms. The van der Waals surface area contributed by atoms with Crippen molar-refractivity contribution in [1.82, 2.24) is 19.9 Å². The lowest BCUT2D eigenvalue weighted by Crippen LogP contribution is -2.25. The van der Waals surface area contributed by atoms with Gasteiger partial charge in [-0.05, 0) is 26.0 Å². The van der Waals surface area contributed by atoms with Crippen LogP contribution in [0.2, 0.25) is 0 Å². The molecular weight excluding hydrogens is 268 g/mol. The van der Waals surface area contributed by atoms with Crippen molar-refractivity contribution >= 4 is 11.6 Å². The highest BCUT2D eigenvalue weighted by molar-refractivity contribution is 5.78. The van der Waals surface area contributed by atoms with Gasteiger partial charge in [-0.1, -0.05) is 11.2 Å². The van der Waals surface area contributed by atoms with Crippen molar-refractivity contribution in [1.29, 1.82) is 0 Å². The third kappa shape index (κ3) is 2.79. The predicted octanol–water partition coefficient (Wildman–Crippen LogP) is 1.80. The molecule has 6 heteroatoms. The third-order valence-electron chi connectivity index (χ3n) is 3.40. The number of imidazole rings is 1. The first-order valence-electron chi connectivity index (χ1n) is 6.74. The Morgan fingerprint density at radius 3 is 2.95 bits per heavy atom. The number of pyridine rings is 1. The van der Waals surface area contributed by atoms with Gasteiger partial charge in [0, 0.05) is 18.0 Å². The van der Waals surface area contributed by atoms with Crippen molar-refractivity contribution in [2.75, 3.05) is 0 Å². The molecule has 0 fully saturated rings. The SMILES string of the molecule is Cc1noc(C)c1CC(=O)NCc1cn2ccccc2n1. The van der Waals surface area contributed by atoms with E-state index < -0.39 is 0 Å². The van der Waals surface area contributed by atoms with Gasteiger partial charge >= 0.3 is 0 Å². The van der Waals surface area contributed by atoms with Gasteiger partial charge in [-0.25, -0.2) is 4.98 Å². The number of aromatic nitrogens is 3. The van der Waals surface area contributed by atoms with Crippen LogP contribution < -0.4 is 5.32 Å². The fourth-order valence-electron chi connectivity index (χ4n) is 2.24. The van der Waals surface area contributed by atoms with Gasteiger partial charge in [0.05, 0.1) is 24.4 Å². The topological polar surface area (TPSA) is 72.4 Å². The third-order valence-corrected chi connectivity index (χ3v) is 3.40. The summed E-state index contributed by atoms with van der Waals surface area (Å²) in [4.78, 5) is 16.4. The number of aryl methyl sites for hydroxylation is 2. The maximum Gasteiger partial charge on any atom is 0.224 e. The monoisotopic (exact) mass is 284 g/mol. The Bertz CT molecular complexity index is 735. The first kappa shape index (κ1) is 13.4. The maximum absolute atomic E-state index is 12.0. The van der Waals surface area contributed by atoms with Gasteiger partial charge in [-0.15, -0.1) is 0 Å². The molecule has 1 amide bonds. The zero-order chi connectivity index (χ0) is 14.8. The number of amides is 1. The average Bonchev–Trinajstić information content (AvgIpc) is 3.03. The van der Waals surface area contributed by atoms with Gasteiger partial charge in [0.2, 0.25) is 5.91 Å². The summed E-state index contributed by atoms with van der Waals surface area (Å²) in [5.41, 5.74) is 3.30. The van der Waals surface area contributed by atoms with Crippen LogP contribution in [-0.2, 0) is 17.8 Å². The molecular formula is C15H16N4O2. The van der Waals surface area contributed by atoms with Crippen molar-refractivity contribution in [3.05, 3.63) is 53.3 Å². The number of rotatable bonds is 4. The van der Waals surface area contributed by atoms with E-state index in [-0.39, 0.29) is 12.3 Å². The second-order valence-corrected chi connectivity index (χ2v) is 4.95. The summed E-state index contributed by atoms with van der Waals surface area (Å²) in [5.74, 6) is 0.622. The van der Waals surface area contributed by atoms with E-state index in [0.29, 0.717) is 12.3 Å². The fourth-order valence-corrected chi connectivity index (χ4v) is 2.24. The van der Waals surface area contributed by atoms with Gasteiger partial charge in [0.15, 0.2) is 0 Å². The molecule has 3 heterocycles. The molecule has 3 aromatic heterocycles. The number of nitrogens with one attached hydrogen (secondary N) is 1. The summed E-state index contributed by atoms with van der Waals surface area (Å²) in [6.45, 7) is 4.05. The van der Waals surface area contributed by atoms with Gasteiger partial charge in [0.25, 0.3) is 0 Å². The van der Waals surface area contributed by atoms with E-state index in [1.54, 1.807) is 0 Å². The molecule has 0 radical (unpaired) electrons. The Kier molecular flexibility index (Phi) is 3.43. The van der Waals surface area contributed by atoms with Crippen molar-refractivity contribution in [2.24, 2.45) is 0 Å². The van der Waals surface area contributed by atoms with Crippen LogP contribution in [0.1, 0.15) is 22.7 Å². The largest absolute Gasteiger partial charge is 0.361 e. The molecule has 0 bridgehead atoms. The van der Waals surface area contributed by atoms with Gasteiger partial charge in [-0.2, -0.15) is 0 Å². The van der Waals surface area contributed by atoms with E-state index in [2.05, 4.69) is 15.5 Å². The first-order chi connectivity index (χ1) is 10.1. The molecule has 0 aliphatic carbocycles. The fraction of sp³-hybridized carbons (Fsp3) is 0.267. The molecule has 3 aromatic rings. The predicted molar refractivity (Wildman–Crippen MR) is 76.7 cm³/mol. The van der Waals surface area contributed by atoms with Crippen LogP contribution in [0.15, 0.2) is 35.1 Å². The lowest BCUT2D eigenvalue weighted by molar-refractivity contribution is -0.120. The van der Waals surface area contributed by atoms with E-state index in [0.717, 1.165) is 22.6 Å².